The number of guanidine groups is 1. The molecule has 1 heterocycles. The van der Waals surface area contributed by atoms with E-state index in [0.717, 1.165) is 44.4 Å². The number of nitrogens with zero attached hydrogens (tertiary/aromatic N) is 2. The molecule has 0 aromatic heterocycles. The van der Waals surface area contributed by atoms with Crippen molar-refractivity contribution < 1.29 is 13.9 Å². The van der Waals surface area contributed by atoms with E-state index in [4.69, 9.17) is 9.47 Å². The largest absolute Gasteiger partial charge is 0.489 e. The molecule has 1 unspecified atom stereocenters. The molecule has 0 aliphatic carbocycles. The van der Waals surface area contributed by atoms with E-state index >= 15 is 0 Å². The number of aliphatic imine (C=N–C) groups is 1. The van der Waals surface area contributed by atoms with Crippen LogP contribution in [0, 0.1) is 5.82 Å². The van der Waals surface area contributed by atoms with E-state index in [1.807, 2.05) is 13.8 Å². The second-order valence-corrected chi connectivity index (χ2v) is 7.22. The average Bonchev–Trinajstić information content (AvgIpc) is 2.78. The number of benzene rings is 2. The maximum absolute atomic E-state index is 13.0. The van der Waals surface area contributed by atoms with Crippen molar-refractivity contribution in [1.29, 1.82) is 0 Å². The van der Waals surface area contributed by atoms with E-state index in [1.165, 1.54) is 17.8 Å². The summed E-state index contributed by atoms with van der Waals surface area (Å²) in [5.41, 5.74) is 2.38. The van der Waals surface area contributed by atoms with Gasteiger partial charge in [0.05, 0.1) is 26.3 Å². The molecule has 2 aromatic rings. The van der Waals surface area contributed by atoms with Crippen LogP contribution in [0.5, 0.6) is 5.75 Å². The van der Waals surface area contributed by atoms with Crippen molar-refractivity contribution >= 4 is 35.6 Å². The summed E-state index contributed by atoms with van der Waals surface area (Å²) >= 11 is 0. The SMILES string of the molecule is CCNC(=NCc1ccc(N2CCOCC2)cc1)NCC(C)Oc1ccc(F)cc1.I. The summed E-state index contributed by atoms with van der Waals surface area (Å²) in [6.45, 7) is 9.38. The van der Waals surface area contributed by atoms with Crippen molar-refractivity contribution in [2.24, 2.45) is 4.99 Å². The highest BCUT2D eigenvalue weighted by Gasteiger charge is 2.11. The van der Waals surface area contributed by atoms with Gasteiger partial charge in [-0.25, -0.2) is 9.38 Å². The summed E-state index contributed by atoms with van der Waals surface area (Å²) in [6.07, 6.45) is -0.0906. The van der Waals surface area contributed by atoms with E-state index in [1.54, 1.807) is 12.1 Å². The Kier molecular flexibility index (Phi) is 10.9. The van der Waals surface area contributed by atoms with Gasteiger partial charge in [0.1, 0.15) is 17.7 Å². The first-order valence-electron chi connectivity index (χ1n) is 10.5. The Labute approximate surface area is 201 Å². The molecule has 1 atom stereocenters. The minimum Gasteiger partial charge on any atom is -0.489 e. The van der Waals surface area contributed by atoms with Gasteiger partial charge in [-0.15, -0.1) is 24.0 Å². The summed E-state index contributed by atoms with van der Waals surface area (Å²) in [5, 5.41) is 6.56. The Hall–Kier alpha value is -2.07. The fourth-order valence-electron chi connectivity index (χ4n) is 3.17. The molecule has 0 amide bonds. The molecule has 31 heavy (non-hydrogen) atoms. The van der Waals surface area contributed by atoms with Crippen LogP contribution in [0.25, 0.3) is 0 Å². The predicted molar refractivity (Wildman–Crippen MR) is 134 cm³/mol. The van der Waals surface area contributed by atoms with Gasteiger partial charge in [-0.2, -0.15) is 0 Å². The van der Waals surface area contributed by atoms with Crippen LogP contribution in [0.3, 0.4) is 0 Å². The molecule has 1 aliphatic rings. The van der Waals surface area contributed by atoms with E-state index in [2.05, 4.69) is 44.8 Å². The molecule has 0 bridgehead atoms. The zero-order valence-electron chi connectivity index (χ0n) is 18.1. The summed E-state index contributed by atoms with van der Waals surface area (Å²) < 4.78 is 24.2. The second kappa shape index (κ2) is 13.4. The minimum absolute atomic E-state index is 0. The Bertz CT molecular complexity index is 796. The van der Waals surface area contributed by atoms with E-state index in [0.29, 0.717) is 18.8 Å². The van der Waals surface area contributed by atoms with Crippen LogP contribution in [0.2, 0.25) is 0 Å². The topological polar surface area (TPSA) is 58.1 Å². The van der Waals surface area contributed by atoms with Gasteiger partial charge in [0, 0.05) is 25.3 Å². The first-order chi connectivity index (χ1) is 14.6. The normalized spacial score (nSPS) is 15.1. The van der Waals surface area contributed by atoms with Crippen LogP contribution in [-0.2, 0) is 11.3 Å². The smallest absolute Gasteiger partial charge is 0.191 e. The number of ether oxygens (including phenoxy) is 2. The van der Waals surface area contributed by atoms with Gasteiger partial charge >= 0.3 is 0 Å². The quantitative estimate of drug-likeness (QED) is 0.302. The lowest BCUT2D eigenvalue weighted by atomic mass is 10.2. The molecule has 0 spiro atoms. The van der Waals surface area contributed by atoms with Gasteiger partial charge in [0.25, 0.3) is 0 Å². The number of morpholine rings is 1. The van der Waals surface area contributed by atoms with Crippen LogP contribution in [0.4, 0.5) is 10.1 Å². The van der Waals surface area contributed by atoms with Crippen LogP contribution < -0.4 is 20.3 Å². The molecule has 1 aliphatic heterocycles. The minimum atomic E-state index is -0.271. The van der Waals surface area contributed by atoms with E-state index in [9.17, 15) is 4.39 Å². The highest BCUT2D eigenvalue weighted by Crippen LogP contribution is 2.17. The number of nitrogens with one attached hydrogen (secondary N) is 2. The molecule has 0 radical (unpaired) electrons. The molecule has 170 valence electrons. The van der Waals surface area contributed by atoms with Crippen molar-refractivity contribution in [3.8, 4) is 5.75 Å². The molecule has 1 fully saturated rings. The van der Waals surface area contributed by atoms with E-state index < -0.39 is 0 Å². The van der Waals surface area contributed by atoms with Crippen LogP contribution in [0.1, 0.15) is 19.4 Å². The molecule has 2 N–H and O–H groups in total. The van der Waals surface area contributed by atoms with Gasteiger partial charge in [-0.3, -0.25) is 0 Å². The highest BCUT2D eigenvalue weighted by atomic mass is 127. The molecular formula is C23H32FIN4O2. The zero-order valence-corrected chi connectivity index (χ0v) is 20.5. The van der Waals surface area contributed by atoms with Crippen LogP contribution >= 0.6 is 24.0 Å². The van der Waals surface area contributed by atoms with Gasteiger partial charge in [-0.1, -0.05) is 12.1 Å². The predicted octanol–water partition coefficient (Wildman–Crippen LogP) is 3.80. The van der Waals surface area contributed by atoms with Gasteiger partial charge in [-0.05, 0) is 55.8 Å². The van der Waals surface area contributed by atoms with Gasteiger partial charge in [0.15, 0.2) is 5.96 Å². The fourth-order valence-corrected chi connectivity index (χ4v) is 3.17. The summed E-state index contributed by atoms with van der Waals surface area (Å²) in [7, 11) is 0. The Morgan fingerprint density at radius 1 is 1.10 bits per heavy atom. The first kappa shape index (κ1) is 25.2. The summed E-state index contributed by atoms with van der Waals surface area (Å²) in [6, 6.07) is 14.6. The summed E-state index contributed by atoms with van der Waals surface area (Å²) in [4.78, 5) is 7.01. The van der Waals surface area contributed by atoms with Crippen molar-refractivity contribution in [3.05, 3.63) is 59.9 Å². The Morgan fingerprint density at radius 2 is 1.77 bits per heavy atom. The van der Waals surface area contributed by atoms with Gasteiger partial charge < -0.3 is 25.0 Å². The molecule has 8 heteroatoms. The number of rotatable bonds is 8. The highest BCUT2D eigenvalue weighted by molar-refractivity contribution is 14.0. The third-order valence-corrected chi connectivity index (χ3v) is 4.78. The second-order valence-electron chi connectivity index (χ2n) is 7.22. The zero-order chi connectivity index (χ0) is 21.2. The molecule has 2 aromatic carbocycles. The fraction of sp³-hybridized carbons (Fsp3) is 0.435. The number of halogens is 2. The lowest BCUT2D eigenvalue weighted by Crippen LogP contribution is -2.41. The lowest BCUT2D eigenvalue weighted by Gasteiger charge is -2.28. The average molecular weight is 542 g/mol. The monoisotopic (exact) mass is 542 g/mol. The van der Waals surface area contributed by atoms with Crippen LogP contribution in [0.15, 0.2) is 53.5 Å². The number of hydrogen-bond acceptors (Lipinski definition) is 4. The molecule has 1 saturated heterocycles. The van der Waals surface area contributed by atoms with E-state index in [-0.39, 0.29) is 35.9 Å². The van der Waals surface area contributed by atoms with Crippen LogP contribution in [-0.4, -0.2) is 51.5 Å². The number of anilines is 1. The Balaban J connectivity index is 0.00000341. The molecule has 0 saturated carbocycles. The molecule has 3 rings (SSSR count). The standard InChI is InChI=1S/C23H31FN4O2.HI/c1-3-25-23(26-16-18(2)30-22-10-6-20(24)7-11-22)27-17-19-4-8-21(9-5-19)28-12-14-29-15-13-28;/h4-11,18H,3,12-17H2,1-2H3,(H2,25,26,27);1H. The third kappa shape index (κ3) is 8.53. The van der Waals surface area contributed by atoms with Gasteiger partial charge in [0.2, 0.25) is 0 Å². The summed E-state index contributed by atoms with van der Waals surface area (Å²) in [5.74, 6) is 1.12. The molecule has 6 nitrogen and oxygen atoms in total. The van der Waals surface area contributed by atoms with Crippen molar-refractivity contribution in [2.45, 2.75) is 26.5 Å². The number of hydrogen-bond donors (Lipinski definition) is 2. The van der Waals surface area contributed by atoms with Crippen molar-refractivity contribution in [1.82, 2.24) is 10.6 Å². The van der Waals surface area contributed by atoms with Crippen molar-refractivity contribution in [2.75, 3.05) is 44.3 Å². The lowest BCUT2D eigenvalue weighted by molar-refractivity contribution is 0.122. The van der Waals surface area contributed by atoms with Crippen molar-refractivity contribution in [3.63, 3.8) is 0 Å². The maximum Gasteiger partial charge on any atom is 0.191 e. The first-order valence-corrected chi connectivity index (χ1v) is 10.5. The maximum atomic E-state index is 13.0. The third-order valence-electron chi connectivity index (χ3n) is 4.78. The molecular weight excluding hydrogens is 510 g/mol. The Morgan fingerprint density at radius 3 is 2.42 bits per heavy atom.